The highest BCUT2D eigenvalue weighted by Crippen LogP contribution is 2.30. The van der Waals surface area contributed by atoms with Gasteiger partial charge >= 0.3 is 0 Å². The molecule has 1 heterocycles. The lowest BCUT2D eigenvalue weighted by molar-refractivity contribution is -0.108. The number of methoxy groups -OCH3 is 1. The fourth-order valence-corrected chi connectivity index (χ4v) is 1.74. The van der Waals surface area contributed by atoms with Gasteiger partial charge in [0, 0.05) is 12.3 Å². The van der Waals surface area contributed by atoms with Crippen LogP contribution < -0.4 is 4.74 Å². The van der Waals surface area contributed by atoms with Crippen molar-refractivity contribution >= 4 is 33.5 Å². The number of ether oxygens (including phenoxy) is 1. The molecule has 0 unspecified atom stereocenters. The number of Topliss-reactive ketones (excluding diaryl/α,β-unsaturated/α-hetero) is 1. The number of aromatic amines is 1. The van der Waals surface area contributed by atoms with E-state index in [1.807, 2.05) is 0 Å². The van der Waals surface area contributed by atoms with Crippen molar-refractivity contribution in [3.05, 3.63) is 29.7 Å². The fraction of sp³-hybridized carbons (Fsp3) is 0.0909. The van der Waals surface area contributed by atoms with Crippen LogP contribution in [0.5, 0.6) is 5.75 Å². The van der Waals surface area contributed by atoms with Crippen LogP contribution in [0.1, 0.15) is 10.4 Å². The lowest BCUT2D eigenvalue weighted by atomic mass is 10.1. The van der Waals surface area contributed by atoms with Crippen LogP contribution >= 0.6 is 11.6 Å². The van der Waals surface area contributed by atoms with Crippen LogP contribution in [0.2, 0.25) is 0 Å². The minimum atomic E-state index is -1.10. The molecule has 0 saturated heterocycles. The Morgan fingerprint density at radius 3 is 2.71 bits per heavy atom. The van der Waals surface area contributed by atoms with E-state index in [0.29, 0.717) is 10.9 Å². The van der Waals surface area contributed by atoms with Gasteiger partial charge in [-0.15, -0.1) is 0 Å². The minimum Gasteiger partial charge on any atom is -0.496 e. The summed E-state index contributed by atoms with van der Waals surface area (Å²) in [7, 11) is 1.35. The van der Waals surface area contributed by atoms with Crippen molar-refractivity contribution in [3.8, 4) is 5.75 Å². The van der Waals surface area contributed by atoms with Crippen molar-refractivity contribution < 1.29 is 18.7 Å². The second kappa shape index (κ2) is 4.18. The maximum Gasteiger partial charge on any atom is 0.293 e. The number of rotatable bonds is 3. The molecule has 0 atom stereocenters. The molecule has 1 aromatic heterocycles. The average molecular weight is 256 g/mol. The topological polar surface area (TPSA) is 59.2 Å². The highest BCUT2D eigenvalue weighted by atomic mass is 35.5. The number of nitrogens with one attached hydrogen (secondary N) is 1. The van der Waals surface area contributed by atoms with Crippen LogP contribution in [-0.4, -0.2) is 23.1 Å². The fourth-order valence-electron chi connectivity index (χ4n) is 1.64. The normalized spacial score (nSPS) is 10.5. The number of aromatic nitrogens is 1. The Labute approximate surface area is 100 Å². The summed E-state index contributed by atoms with van der Waals surface area (Å²) >= 11 is 5.13. The van der Waals surface area contributed by atoms with Gasteiger partial charge in [-0.25, -0.2) is 4.39 Å². The summed E-state index contributed by atoms with van der Waals surface area (Å²) in [6.45, 7) is 0. The first-order chi connectivity index (χ1) is 8.04. The van der Waals surface area contributed by atoms with E-state index < -0.39 is 16.8 Å². The molecule has 2 rings (SSSR count). The molecular formula is C11H7ClFNO3. The molecule has 0 amide bonds. The number of hydrogen-bond donors (Lipinski definition) is 1. The van der Waals surface area contributed by atoms with Crippen LogP contribution in [0.15, 0.2) is 18.3 Å². The van der Waals surface area contributed by atoms with Crippen LogP contribution in [0.25, 0.3) is 10.9 Å². The minimum absolute atomic E-state index is 0.0665. The van der Waals surface area contributed by atoms with Crippen molar-refractivity contribution in [1.82, 2.24) is 4.98 Å². The van der Waals surface area contributed by atoms with Gasteiger partial charge in [0.15, 0.2) is 0 Å². The maximum absolute atomic E-state index is 13.2. The third kappa shape index (κ3) is 1.89. The van der Waals surface area contributed by atoms with Crippen molar-refractivity contribution in [2.45, 2.75) is 0 Å². The summed E-state index contributed by atoms with van der Waals surface area (Å²) in [5.74, 6) is -1.20. The Kier molecular flexibility index (Phi) is 2.85. The molecule has 1 N–H and O–H groups in total. The number of carbonyl (C=O) groups excluding carboxylic acids is 2. The second-order valence-corrected chi connectivity index (χ2v) is 3.68. The van der Waals surface area contributed by atoms with Gasteiger partial charge in [0.05, 0.1) is 23.6 Å². The molecule has 6 heteroatoms. The van der Waals surface area contributed by atoms with Gasteiger partial charge in [-0.3, -0.25) is 9.59 Å². The Morgan fingerprint density at radius 2 is 2.12 bits per heavy atom. The molecule has 0 aliphatic carbocycles. The lowest BCUT2D eigenvalue weighted by Crippen LogP contribution is -2.06. The summed E-state index contributed by atoms with van der Waals surface area (Å²) in [6.07, 6.45) is 1.30. The maximum atomic E-state index is 13.2. The van der Waals surface area contributed by atoms with E-state index in [1.54, 1.807) is 0 Å². The highest BCUT2D eigenvalue weighted by Gasteiger charge is 2.21. The van der Waals surface area contributed by atoms with E-state index in [0.717, 1.165) is 6.07 Å². The van der Waals surface area contributed by atoms with E-state index in [9.17, 15) is 14.0 Å². The number of ketones is 1. The molecule has 0 aliphatic rings. The molecule has 0 bridgehead atoms. The van der Waals surface area contributed by atoms with E-state index in [1.165, 1.54) is 19.4 Å². The zero-order chi connectivity index (χ0) is 12.6. The molecular weight excluding hydrogens is 249 g/mol. The van der Waals surface area contributed by atoms with E-state index in [2.05, 4.69) is 4.98 Å². The summed E-state index contributed by atoms with van der Waals surface area (Å²) in [5.41, 5.74) is 0.431. The molecule has 88 valence electrons. The van der Waals surface area contributed by atoms with Gasteiger partial charge < -0.3 is 9.72 Å². The van der Waals surface area contributed by atoms with Crippen molar-refractivity contribution in [3.63, 3.8) is 0 Å². The van der Waals surface area contributed by atoms with Gasteiger partial charge in [0.2, 0.25) is 5.78 Å². The number of carbonyl (C=O) groups is 2. The standard InChI is InChI=1S/C11H7ClFNO3/c1-17-8-3-5(13)2-7-9(8)6(4-14-7)10(15)11(12)16/h2-4,14H,1H3. The molecule has 0 spiro atoms. The number of H-pyrrole nitrogens is 1. The van der Waals surface area contributed by atoms with Crippen LogP contribution in [0.3, 0.4) is 0 Å². The van der Waals surface area contributed by atoms with Gasteiger partial charge in [-0.2, -0.15) is 0 Å². The predicted molar refractivity (Wildman–Crippen MR) is 60.0 cm³/mol. The van der Waals surface area contributed by atoms with Crippen LogP contribution in [0.4, 0.5) is 4.39 Å². The Balaban J connectivity index is 2.75. The molecule has 4 nitrogen and oxygen atoms in total. The van der Waals surface area contributed by atoms with Gasteiger partial charge in [-0.05, 0) is 17.7 Å². The third-order valence-corrected chi connectivity index (χ3v) is 2.52. The smallest absolute Gasteiger partial charge is 0.293 e. The van der Waals surface area contributed by atoms with E-state index in [4.69, 9.17) is 16.3 Å². The Morgan fingerprint density at radius 1 is 1.41 bits per heavy atom. The van der Waals surface area contributed by atoms with Gasteiger partial charge in [-0.1, -0.05) is 0 Å². The first kappa shape index (κ1) is 11.6. The summed E-state index contributed by atoms with van der Waals surface area (Å²) in [4.78, 5) is 25.0. The van der Waals surface area contributed by atoms with Crippen molar-refractivity contribution in [2.24, 2.45) is 0 Å². The third-order valence-electron chi connectivity index (χ3n) is 2.35. The molecule has 0 saturated carbocycles. The zero-order valence-electron chi connectivity index (χ0n) is 8.71. The van der Waals surface area contributed by atoms with E-state index >= 15 is 0 Å². The van der Waals surface area contributed by atoms with Crippen molar-refractivity contribution in [2.75, 3.05) is 7.11 Å². The molecule has 17 heavy (non-hydrogen) atoms. The molecule has 0 radical (unpaired) electrons. The largest absolute Gasteiger partial charge is 0.496 e. The second-order valence-electron chi connectivity index (χ2n) is 3.34. The van der Waals surface area contributed by atoms with Gasteiger partial charge in [0.1, 0.15) is 11.6 Å². The quantitative estimate of drug-likeness (QED) is 0.520. The lowest BCUT2D eigenvalue weighted by Gasteiger charge is -2.03. The average Bonchev–Trinajstić information content (AvgIpc) is 2.70. The monoisotopic (exact) mass is 255 g/mol. The number of halogens is 2. The van der Waals surface area contributed by atoms with Crippen LogP contribution in [-0.2, 0) is 4.79 Å². The van der Waals surface area contributed by atoms with Crippen LogP contribution in [0, 0.1) is 5.82 Å². The van der Waals surface area contributed by atoms with Crippen molar-refractivity contribution in [1.29, 1.82) is 0 Å². The number of benzene rings is 1. The summed E-state index contributed by atoms with van der Waals surface area (Å²) < 4.78 is 18.1. The first-order valence-corrected chi connectivity index (χ1v) is 5.01. The Bertz CT molecular complexity index is 620. The molecule has 0 fully saturated rings. The van der Waals surface area contributed by atoms with E-state index in [-0.39, 0.29) is 11.3 Å². The molecule has 2 aromatic rings. The number of fused-ring (bicyclic) bond motifs is 1. The molecule has 0 aliphatic heterocycles. The van der Waals surface area contributed by atoms with Gasteiger partial charge in [0.25, 0.3) is 5.24 Å². The zero-order valence-corrected chi connectivity index (χ0v) is 9.47. The summed E-state index contributed by atoms with van der Waals surface area (Å²) in [5, 5.41) is -0.759. The highest BCUT2D eigenvalue weighted by molar-refractivity contribution is 6.83. The number of hydrogen-bond acceptors (Lipinski definition) is 3. The first-order valence-electron chi connectivity index (χ1n) is 4.63. The SMILES string of the molecule is COc1cc(F)cc2[nH]cc(C(=O)C(=O)Cl)c12. The summed E-state index contributed by atoms with van der Waals surface area (Å²) in [6, 6.07) is 2.33. The molecule has 1 aromatic carbocycles. The Hall–Kier alpha value is -1.88. The predicted octanol–water partition coefficient (Wildman–Crippen LogP) is 2.26.